The maximum absolute atomic E-state index is 12.5. The number of hydrogen-bond donors (Lipinski definition) is 2. The second kappa shape index (κ2) is 5.48. The zero-order valence-corrected chi connectivity index (χ0v) is 12.5. The van der Waals surface area contributed by atoms with Crippen LogP contribution in [0, 0.1) is 0 Å². The largest absolute Gasteiger partial charge is 0.451 e. The average molecular weight is 302 g/mol. The van der Waals surface area contributed by atoms with E-state index in [9.17, 15) is 4.79 Å². The van der Waals surface area contributed by atoms with Gasteiger partial charge in [0.05, 0.1) is 10.5 Å². The van der Waals surface area contributed by atoms with Crippen molar-refractivity contribution in [3.63, 3.8) is 0 Å². The van der Waals surface area contributed by atoms with E-state index in [-0.39, 0.29) is 5.91 Å². The Bertz CT molecular complexity index is 653. The van der Waals surface area contributed by atoms with Gasteiger partial charge in [0, 0.05) is 5.39 Å². The molecule has 1 fully saturated rings. The van der Waals surface area contributed by atoms with Crippen LogP contribution < -0.4 is 11.1 Å². The molecule has 0 bridgehead atoms. The molecule has 0 aliphatic heterocycles. The highest BCUT2D eigenvalue weighted by molar-refractivity contribution is 7.80. The fourth-order valence-electron chi connectivity index (χ4n) is 2.96. The summed E-state index contributed by atoms with van der Waals surface area (Å²) in [5, 5.41) is 3.92. The lowest BCUT2D eigenvalue weighted by molar-refractivity contribution is 0.0882. The zero-order chi connectivity index (χ0) is 14.9. The Balaban J connectivity index is 1.85. The third-order valence-corrected chi connectivity index (χ3v) is 4.57. The number of rotatable bonds is 3. The van der Waals surface area contributed by atoms with Gasteiger partial charge in [-0.3, -0.25) is 4.79 Å². The van der Waals surface area contributed by atoms with E-state index in [0.717, 1.165) is 37.5 Å². The average Bonchev–Trinajstić information content (AvgIpc) is 2.92. The van der Waals surface area contributed by atoms with Crippen LogP contribution in [0.25, 0.3) is 11.0 Å². The number of nitrogens with one attached hydrogen (secondary N) is 1. The van der Waals surface area contributed by atoms with Crippen LogP contribution in [0.4, 0.5) is 0 Å². The molecule has 0 radical (unpaired) electrons. The fourth-order valence-corrected chi connectivity index (χ4v) is 3.22. The molecule has 21 heavy (non-hydrogen) atoms. The van der Waals surface area contributed by atoms with Crippen LogP contribution in [0.15, 0.2) is 34.7 Å². The van der Waals surface area contributed by atoms with Crippen LogP contribution in [-0.2, 0) is 0 Å². The van der Waals surface area contributed by atoms with Gasteiger partial charge in [-0.2, -0.15) is 0 Å². The lowest BCUT2D eigenvalue weighted by Crippen LogP contribution is -2.57. The Morgan fingerprint density at radius 3 is 2.62 bits per heavy atom. The smallest absolute Gasteiger partial charge is 0.287 e. The van der Waals surface area contributed by atoms with Crippen LogP contribution in [0.5, 0.6) is 0 Å². The second-order valence-corrected chi connectivity index (χ2v) is 6.05. The summed E-state index contributed by atoms with van der Waals surface area (Å²) in [5.74, 6) is 0.0540. The molecule has 0 saturated heterocycles. The molecular weight excluding hydrogens is 284 g/mol. The quantitative estimate of drug-likeness (QED) is 0.855. The Morgan fingerprint density at radius 1 is 1.24 bits per heavy atom. The van der Waals surface area contributed by atoms with Crippen molar-refractivity contribution in [2.45, 2.75) is 37.6 Å². The Labute approximate surface area is 128 Å². The predicted octanol–water partition coefficient (Wildman–Crippen LogP) is 3.15. The van der Waals surface area contributed by atoms with Gasteiger partial charge in [-0.15, -0.1) is 0 Å². The molecule has 1 aliphatic rings. The summed E-state index contributed by atoms with van der Waals surface area (Å²) >= 11 is 5.19. The lowest BCUT2D eigenvalue weighted by Gasteiger charge is -2.36. The predicted molar refractivity (Wildman–Crippen MR) is 86.3 cm³/mol. The third-order valence-electron chi connectivity index (χ3n) is 4.18. The number of hydrogen-bond acceptors (Lipinski definition) is 3. The molecule has 4 nitrogen and oxygen atoms in total. The van der Waals surface area contributed by atoms with Crippen molar-refractivity contribution in [3.05, 3.63) is 36.1 Å². The van der Waals surface area contributed by atoms with Gasteiger partial charge in [0.15, 0.2) is 5.76 Å². The third kappa shape index (κ3) is 2.65. The molecule has 5 heteroatoms. The lowest BCUT2D eigenvalue weighted by atomic mass is 9.81. The van der Waals surface area contributed by atoms with E-state index in [1.807, 2.05) is 24.3 Å². The van der Waals surface area contributed by atoms with E-state index in [1.165, 1.54) is 0 Å². The SMILES string of the molecule is NC(=S)C1(NC(=O)c2cc3ccccc3o2)CCCCC1. The Morgan fingerprint density at radius 2 is 1.95 bits per heavy atom. The summed E-state index contributed by atoms with van der Waals surface area (Å²) in [5.41, 5.74) is 6.03. The summed E-state index contributed by atoms with van der Waals surface area (Å²) < 4.78 is 5.60. The summed E-state index contributed by atoms with van der Waals surface area (Å²) in [6, 6.07) is 9.30. The molecule has 1 heterocycles. The first-order valence-electron chi connectivity index (χ1n) is 7.22. The molecule has 1 aliphatic carbocycles. The number of nitrogens with two attached hydrogens (primary N) is 1. The van der Waals surface area contributed by atoms with Gasteiger partial charge in [-0.25, -0.2) is 0 Å². The minimum absolute atomic E-state index is 0.249. The maximum atomic E-state index is 12.5. The molecule has 1 amide bonds. The van der Waals surface area contributed by atoms with Gasteiger partial charge in [0.2, 0.25) is 0 Å². The number of furan rings is 1. The maximum Gasteiger partial charge on any atom is 0.287 e. The monoisotopic (exact) mass is 302 g/mol. The number of amides is 1. The molecule has 0 atom stereocenters. The molecule has 1 saturated carbocycles. The van der Waals surface area contributed by atoms with E-state index < -0.39 is 5.54 Å². The number of para-hydroxylation sites is 1. The molecule has 0 spiro atoms. The van der Waals surface area contributed by atoms with E-state index in [1.54, 1.807) is 6.07 Å². The standard InChI is InChI=1S/C16H18N2O2S/c17-15(21)16(8-4-1-5-9-16)18-14(19)13-10-11-6-2-3-7-12(11)20-13/h2-3,6-7,10H,1,4-5,8-9H2,(H2,17,21)(H,18,19). The minimum atomic E-state index is -0.566. The van der Waals surface area contributed by atoms with Crippen LogP contribution in [0.1, 0.15) is 42.7 Å². The van der Waals surface area contributed by atoms with Crippen molar-refractivity contribution in [2.75, 3.05) is 0 Å². The minimum Gasteiger partial charge on any atom is -0.451 e. The van der Waals surface area contributed by atoms with Crippen molar-refractivity contribution in [1.29, 1.82) is 0 Å². The molecular formula is C16H18N2O2S. The topological polar surface area (TPSA) is 68.3 Å². The zero-order valence-electron chi connectivity index (χ0n) is 11.7. The van der Waals surface area contributed by atoms with Gasteiger partial charge in [-0.05, 0) is 25.0 Å². The van der Waals surface area contributed by atoms with Crippen molar-refractivity contribution in [3.8, 4) is 0 Å². The van der Waals surface area contributed by atoms with Gasteiger partial charge >= 0.3 is 0 Å². The highest BCUT2D eigenvalue weighted by Gasteiger charge is 2.37. The fraction of sp³-hybridized carbons (Fsp3) is 0.375. The second-order valence-electron chi connectivity index (χ2n) is 5.61. The Kier molecular flexibility index (Phi) is 3.68. The van der Waals surface area contributed by atoms with E-state index in [4.69, 9.17) is 22.4 Å². The van der Waals surface area contributed by atoms with Crippen LogP contribution in [0.2, 0.25) is 0 Å². The van der Waals surface area contributed by atoms with Gasteiger partial charge in [-0.1, -0.05) is 49.7 Å². The molecule has 1 aromatic heterocycles. The molecule has 2 aromatic rings. The van der Waals surface area contributed by atoms with Gasteiger partial charge in [0.1, 0.15) is 5.58 Å². The molecule has 0 unspecified atom stereocenters. The normalized spacial score (nSPS) is 17.5. The molecule has 110 valence electrons. The van der Waals surface area contributed by atoms with E-state index in [2.05, 4.69) is 5.32 Å². The first kappa shape index (κ1) is 14.1. The number of carbonyl (C=O) groups is 1. The highest BCUT2D eigenvalue weighted by atomic mass is 32.1. The van der Waals surface area contributed by atoms with Gasteiger partial charge < -0.3 is 15.5 Å². The van der Waals surface area contributed by atoms with Crippen molar-refractivity contribution >= 4 is 34.1 Å². The Hall–Kier alpha value is -1.88. The molecule has 1 aromatic carbocycles. The van der Waals surface area contributed by atoms with Crippen molar-refractivity contribution in [2.24, 2.45) is 5.73 Å². The van der Waals surface area contributed by atoms with Crippen molar-refractivity contribution < 1.29 is 9.21 Å². The first-order chi connectivity index (χ1) is 10.1. The van der Waals surface area contributed by atoms with Gasteiger partial charge in [0.25, 0.3) is 5.91 Å². The van der Waals surface area contributed by atoms with E-state index in [0.29, 0.717) is 16.3 Å². The summed E-state index contributed by atoms with van der Waals surface area (Å²) in [6.07, 6.45) is 4.81. The number of thiocarbonyl (C=S) groups is 1. The summed E-state index contributed by atoms with van der Waals surface area (Å²) in [7, 11) is 0. The highest BCUT2D eigenvalue weighted by Crippen LogP contribution is 2.29. The number of carbonyl (C=O) groups excluding carboxylic acids is 1. The summed E-state index contributed by atoms with van der Waals surface area (Å²) in [6.45, 7) is 0. The first-order valence-corrected chi connectivity index (χ1v) is 7.63. The number of fused-ring (bicyclic) bond motifs is 1. The van der Waals surface area contributed by atoms with Crippen LogP contribution in [-0.4, -0.2) is 16.4 Å². The van der Waals surface area contributed by atoms with E-state index >= 15 is 0 Å². The molecule has 3 N–H and O–H groups in total. The van der Waals surface area contributed by atoms with Crippen LogP contribution in [0.3, 0.4) is 0 Å². The number of benzene rings is 1. The molecule has 3 rings (SSSR count). The van der Waals surface area contributed by atoms with Crippen LogP contribution >= 0.6 is 12.2 Å². The summed E-state index contributed by atoms with van der Waals surface area (Å²) in [4.78, 5) is 12.8. The van der Waals surface area contributed by atoms with Crippen molar-refractivity contribution in [1.82, 2.24) is 5.32 Å².